The number of likely N-dealkylation sites (N-methyl/N-ethyl adjacent to an activating group) is 1. The van der Waals surface area contributed by atoms with Crippen LogP contribution in [0, 0.1) is 0 Å². The van der Waals surface area contributed by atoms with Crippen molar-refractivity contribution < 1.29 is 4.74 Å². The normalized spacial score (nSPS) is 16.2. The summed E-state index contributed by atoms with van der Waals surface area (Å²) in [4.78, 5) is 8.69. The lowest BCUT2D eigenvalue weighted by molar-refractivity contribution is 0.205. The summed E-state index contributed by atoms with van der Waals surface area (Å²) in [6.07, 6.45) is 3.81. The standard InChI is InChI=1S/C16H29N3OS/c1-5-12(3)15-14(11-17-13-7-8-13)21-16(18-15)19(6-2)9-10-20-4/h12-13,17H,5-11H2,1-4H3. The van der Waals surface area contributed by atoms with E-state index in [-0.39, 0.29) is 0 Å². The van der Waals surface area contributed by atoms with Crippen LogP contribution in [0.15, 0.2) is 0 Å². The van der Waals surface area contributed by atoms with Crippen LogP contribution in [-0.4, -0.2) is 37.8 Å². The monoisotopic (exact) mass is 311 g/mol. The van der Waals surface area contributed by atoms with Crippen LogP contribution in [0.25, 0.3) is 0 Å². The molecule has 0 amide bonds. The van der Waals surface area contributed by atoms with Crippen molar-refractivity contribution in [2.24, 2.45) is 0 Å². The minimum absolute atomic E-state index is 0.534. The van der Waals surface area contributed by atoms with E-state index in [2.05, 4.69) is 31.0 Å². The zero-order chi connectivity index (χ0) is 15.2. The molecule has 0 aromatic carbocycles. The number of thiazole rings is 1. The summed E-state index contributed by atoms with van der Waals surface area (Å²) >= 11 is 1.85. The molecular weight excluding hydrogens is 282 g/mol. The van der Waals surface area contributed by atoms with Crippen LogP contribution in [0.2, 0.25) is 0 Å². The second kappa shape index (κ2) is 8.11. The molecule has 1 aromatic rings. The summed E-state index contributed by atoms with van der Waals surface area (Å²) in [6, 6.07) is 0.746. The van der Waals surface area contributed by atoms with Crippen molar-refractivity contribution in [3.8, 4) is 0 Å². The fraction of sp³-hybridized carbons (Fsp3) is 0.812. The van der Waals surface area contributed by atoms with E-state index < -0.39 is 0 Å². The first-order chi connectivity index (χ1) is 10.2. The molecule has 5 heteroatoms. The van der Waals surface area contributed by atoms with E-state index >= 15 is 0 Å². The lowest BCUT2D eigenvalue weighted by atomic mass is 10.0. The molecule has 0 aliphatic heterocycles. The van der Waals surface area contributed by atoms with Crippen molar-refractivity contribution in [3.05, 3.63) is 10.6 Å². The first-order valence-electron chi connectivity index (χ1n) is 8.16. The van der Waals surface area contributed by atoms with Gasteiger partial charge in [-0.25, -0.2) is 4.98 Å². The Morgan fingerprint density at radius 2 is 2.19 bits per heavy atom. The number of hydrogen-bond donors (Lipinski definition) is 1. The number of aromatic nitrogens is 1. The number of anilines is 1. The molecule has 120 valence electrons. The highest BCUT2D eigenvalue weighted by atomic mass is 32.1. The van der Waals surface area contributed by atoms with E-state index in [0.29, 0.717) is 5.92 Å². The van der Waals surface area contributed by atoms with Crippen molar-refractivity contribution in [1.29, 1.82) is 0 Å². The summed E-state index contributed by atoms with van der Waals surface area (Å²) < 4.78 is 5.21. The largest absolute Gasteiger partial charge is 0.383 e. The van der Waals surface area contributed by atoms with Crippen molar-refractivity contribution in [2.45, 2.75) is 58.5 Å². The van der Waals surface area contributed by atoms with Gasteiger partial charge in [0, 0.05) is 37.7 Å². The molecule has 1 N–H and O–H groups in total. The summed E-state index contributed by atoms with van der Waals surface area (Å²) in [6.45, 7) is 10.3. The third kappa shape index (κ3) is 4.66. The third-order valence-electron chi connectivity index (χ3n) is 4.14. The average molecular weight is 311 g/mol. The predicted octanol–water partition coefficient (Wildman–Crippen LogP) is 3.38. The van der Waals surface area contributed by atoms with Gasteiger partial charge in [-0.05, 0) is 32.1 Å². The summed E-state index contributed by atoms with van der Waals surface area (Å²) in [5.74, 6) is 0.534. The van der Waals surface area contributed by atoms with E-state index in [0.717, 1.165) is 43.8 Å². The number of ether oxygens (including phenoxy) is 1. The van der Waals surface area contributed by atoms with E-state index in [9.17, 15) is 0 Å². The Hall–Kier alpha value is -0.650. The fourth-order valence-corrected chi connectivity index (χ4v) is 3.53. The Morgan fingerprint density at radius 3 is 2.76 bits per heavy atom. The maximum atomic E-state index is 5.21. The van der Waals surface area contributed by atoms with Crippen LogP contribution in [0.5, 0.6) is 0 Å². The molecule has 1 aliphatic rings. The van der Waals surface area contributed by atoms with E-state index in [1.165, 1.54) is 23.4 Å². The molecule has 1 unspecified atom stereocenters. The van der Waals surface area contributed by atoms with Crippen LogP contribution in [0.1, 0.15) is 56.5 Å². The van der Waals surface area contributed by atoms with Gasteiger partial charge in [-0.2, -0.15) is 0 Å². The molecule has 21 heavy (non-hydrogen) atoms. The molecule has 0 spiro atoms. The van der Waals surface area contributed by atoms with Crippen LogP contribution < -0.4 is 10.2 Å². The van der Waals surface area contributed by atoms with Crippen LogP contribution in [-0.2, 0) is 11.3 Å². The number of methoxy groups -OCH3 is 1. The molecule has 1 fully saturated rings. The molecule has 2 rings (SSSR count). The van der Waals surface area contributed by atoms with Crippen molar-refractivity contribution >= 4 is 16.5 Å². The Morgan fingerprint density at radius 1 is 1.43 bits per heavy atom. The average Bonchev–Trinajstić information content (AvgIpc) is 3.24. The van der Waals surface area contributed by atoms with Crippen molar-refractivity contribution in [3.63, 3.8) is 0 Å². The number of hydrogen-bond acceptors (Lipinski definition) is 5. The van der Waals surface area contributed by atoms with E-state index in [1.54, 1.807) is 7.11 Å². The lowest BCUT2D eigenvalue weighted by Crippen LogP contribution is -2.26. The summed E-state index contributed by atoms with van der Waals surface area (Å²) in [5, 5.41) is 4.78. The smallest absolute Gasteiger partial charge is 0.185 e. The minimum atomic E-state index is 0.534. The first kappa shape index (κ1) is 16.7. The quantitative estimate of drug-likeness (QED) is 0.719. The Kier molecular flexibility index (Phi) is 6.45. The molecule has 1 aliphatic carbocycles. The molecule has 0 radical (unpaired) electrons. The molecule has 1 aromatic heterocycles. The summed E-state index contributed by atoms with van der Waals surface area (Å²) in [7, 11) is 1.76. The van der Waals surface area contributed by atoms with Gasteiger partial charge in [-0.15, -0.1) is 11.3 Å². The molecule has 1 saturated carbocycles. The van der Waals surface area contributed by atoms with E-state index in [1.807, 2.05) is 11.3 Å². The number of nitrogens with zero attached hydrogens (tertiary/aromatic N) is 2. The van der Waals surface area contributed by atoms with Crippen molar-refractivity contribution in [2.75, 3.05) is 31.7 Å². The second-order valence-corrected chi connectivity index (χ2v) is 6.90. The highest BCUT2D eigenvalue weighted by Crippen LogP contribution is 2.33. The highest BCUT2D eigenvalue weighted by Gasteiger charge is 2.23. The van der Waals surface area contributed by atoms with Crippen LogP contribution in [0.4, 0.5) is 5.13 Å². The van der Waals surface area contributed by atoms with Crippen LogP contribution >= 0.6 is 11.3 Å². The van der Waals surface area contributed by atoms with Gasteiger partial charge in [-0.1, -0.05) is 13.8 Å². The van der Waals surface area contributed by atoms with Crippen molar-refractivity contribution in [1.82, 2.24) is 10.3 Å². The Balaban J connectivity index is 2.12. The molecule has 0 bridgehead atoms. The lowest BCUT2D eigenvalue weighted by Gasteiger charge is -2.19. The SMILES string of the molecule is CCC(C)c1nc(N(CC)CCOC)sc1CNC1CC1. The van der Waals surface area contributed by atoms with E-state index in [4.69, 9.17) is 9.72 Å². The predicted molar refractivity (Wildman–Crippen MR) is 90.4 cm³/mol. The minimum Gasteiger partial charge on any atom is -0.383 e. The Bertz CT molecular complexity index is 431. The van der Waals surface area contributed by atoms with Gasteiger partial charge in [0.05, 0.1) is 12.3 Å². The maximum Gasteiger partial charge on any atom is 0.185 e. The molecular formula is C16H29N3OS. The molecule has 4 nitrogen and oxygen atoms in total. The van der Waals surface area contributed by atoms with Gasteiger partial charge in [-0.3, -0.25) is 0 Å². The second-order valence-electron chi connectivity index (χ2n) is 5.84. The topological polar surface area (TPSA) is 37.4 Å². The Labute approximate surface area is 132 Å². The van der Waals surface area contributed by atoms with Crippen LogP contribution in [0.3, 0.4) is 0 Å². The number of nitrogens with one attached hydrogen (secondary N) is 1. The highest BCUT2D eigenvalue weighted by molar-refractivity contribution is 7.15. The zero-order valence-electron chi connectivity index (χ0n) is 13.8. The zero-order valence-corrected chi connectivity index (χ0v) is 14.6. The van der Waals surface area contributed by atoms with Gasteiger partial charge in [0.1, 0.15) is 0 Å². The van der Waals surface area contributed by atoms with Gasteiger partial charge in [0.25, 0.3) is 0 Å². The molecule has 0 saturated heterocycles. The van der Waals surface area contributed by atoms with Gasteiger partial charge < -0.3 is 15.0 Å². The number of rotatable bonds is 10. The molecule has 1 heterocycles. The maximum absolute atomic E-state index is 5.21. The molecule has 1 atom stereocenters. The summed E-state index contributed by atoms with van der Waals surface area (Å²) in [5.41, 5.74) is 1.29. The fourth-order valence-electron chi connectivity index (χ4n) is 2.31. The first-order valence-corrected chi connectivity index (χ1v) is 8.98. The van der Waals surface area contributed by atoms with Gasteiger partial charge >= 0.3 is 0 Å². The third-order valence-corrected chi connectivity index (χ3v) is 5.27. The van der Waals surface area contributed by atoms with Gasteiger partial charge in [0.15, 0.2) is 5.13 Å². The van der Waals surface area contributed by atoms with Gasteiger partial charge in [0.2, 0.25) is 0 Å².